The summed E-state index contributed by atoms with van der Waals surface area (Å²) in [7, 11) is 3.48. The van der Waals surface area contributed by atoms with Crippen molar-refractivity contribution >= 4 is 33.4 Å². The topological polar surface area (TPSA) is 61.9 Å². The lowest BCUT2D eigenvalue weighted by Gasteiger charge is -2.07. The van der Waals surface area contributed by atoms with Gasteiger partial charge in [0.05, 0.1) is 16.8 Å². The Morgan fingerprint density at radius 1 is 1.14 bits per heavy atom. The summed E-state index contributed by atoms with van der Waals surface area (Å²) in [6.07, 6.45) is -1.18. The second kappa shape index (κ2) is 6.97. The molecule has 0 spiro atoms. The van der Waals surface area contributed by atoms with Crippen molar-refractivity contribution in [3.8, 4) is 0 Å². The molecule has 0 fully saturated rings. The van der Waals surface area contributed by atoms with Crippen molar-refractivity contribution in [2.75, 3.05) is 12.4 Å². The van der Waals surface area contributed by atoms with Crippen LogP contribution in [0.4, 0.5) is 18.9 Å². The Balaban J connectivity index is 1.69. The molecule has 8 heteroatoms. The largest absolute Gasteiger partial charge is 0.416 e. The zero-order valence-electron chi connectivity index (χ0n) is 15.8. The minimum Gasteiger partial charge on any atom is -0.359 e. The number of carbonyl (C=O) groups is 1. The van der Waals surface area contributed by atoms with Crippen LogP contribution in [0, 0.1) is 0 Å². The maximum absolute atomic E-state index is 13.0. The van der Waals surface area contributed by atoms with Crippen LogP contribution in [0.25, 0.3) is 21.8 Å². The van der Waals surface area contributed by atoms with Crippen molar-refractivity contribution in [1.29, 1.82) is 0 Å². The van der Waals surface area contributed by atoms with Crippen LogP contribution in [0.15, 0.2) is 48.8 Å². The normalized spacial score (nSPS) is 12.0. The van der Waals surface area contributed by atoms with E-state index in [1.54, 1.807) is 19.4 Å². The Bertz CT molecular complexity index is 1220. The van der Waals surface area contributed by atoms with E-state index in [2.05, 4.69) is 15.6 Å². The van der Waals surface area contributed by atoms with Crippen molar-refractivity contribution in [2.45, 2.75) is 12.7 Å². The van der Waals surface area contributed by atoms with Crippen LogP contribution in [-0.2, 0) is 19.8 Å². The smallest absolute Gasteiger partial charge is 0.359 e. The summed E-state index contributed by atoms with van der Waals surface area (Å²) in [5.41, 5.74) is 2.49. The number of nitrogens with one attached hydrogen (secondary N) is 3. The van der Waals surface area contributed by atoms with Gasteiger partial charge in [-0.2, -0.15) is 13.2 Å². The van der Waals surface area contributed by atoms with E-state index in [1.165, 1.54) is 10.6 Å². The van der Waals surface area contributed by atoms with Gasteiger partial charge < -0.3 is 20.2 Å². The molecule has 29 heavy (non-hydrogen) atoms. The Kier molecular flexibility index (Phi) is 4.58. The summed E-state index contributed by atoms with van der Waals surface area (Å²) >= 11 is 0. The number of aryl methyl sites for hydroxylation is 1. The molecule has 2 aromatic heterocycles. The number of amides is 1. The number of halogens is 3. The summed E-state index contributed by atoms with van der Waals surface area (Å²) in [5.74, 6) is -0.379. The molecule has 2 aromatic carbocycles. The third-order valence-electron chi connectivity index (χ3n) is 4.94. The molecule has 2 heterocycles. The number of hydrogen-bond acceptors (Lipinski definition) is 2. The fraction of sp³-hybridized carbons (Fsp3) is 0.190. The zero-order valence-corrected chi connectivity index (χ0v) is 15.8. The third-order valence-corrected chi connectivity index (χ3v) is 4.94. The SMILES string of the molecule is CNCc1ccc2[nH]cc(NC(=O)c3cn(C)c4cc(C(F)(F)F)ccc34)c2c1. The van der Waals surface area contributed by atoms with E-state index >= 15 is 0 Å². The molecule has 0 saturated heterocycles. The van der Waals surface area contributed by atoms with Gasteiger partial charge in [0.1, 0.15) is 0 Å². The standard InChI is InChI=1S/C21H19F3N4O/c1-25-9-12-3-6-17-15(7-12)18(10-26-17)27-20(29)16-11-28(2)19-8-13(21(22,23)24)4-5-14(16)19/h3-8,10-11,25-26H,9H2,1-2H3,(H,27,29). The van der Waals surface area contributed by atoms with Crippen LogP contribution >= 0.6 is 0 Å². The molecule has 4 aromatic rings. The second-order valence-electron chi connectivity index (χ2n) is 6.95. The highest BCUT2D eigenvalue weighted by Crippen LogP contribution is 2.33. The van der Waals surface area contributed by atoms with Gasteiger partial charge in [0, 0.05) is 47.8 Å². The molecule has 1 amide bonds. The van der Waals surface area contributed by atoms with Gasteiger partial charge in [0.25, 0.3) is 5.91 Å². The molecule has 0 atom stereocenters. The first kappa shape index (κ1) is 19.1. The first-order valence-electron chi connectivity index (χ1n) is 9.00. The van der Waals surface area contributed by atoms with Gasteiger partial charge in [-0.1, -0.05) is 12.1 Å². The van der Waals surface area contributed by atoms with Crippen molar-refractivity contribution in [2.24, 2.45) is 7.05 Å². The van der Waals surface area contributed by atoms with E-state index < -0.39 is 11.7 Å². The Hall–Kier alpha value is -3.26. The van der Waals surface area contributed by atoms with Crippen molar-refractivity contribution in [3.05, 3.63) is 65.5 Å². The molecule has 0 unspecified atom stereocenters. The highest BCUT2D eigenvalue weighted by molar-refractivity contribution is 6.15. The van der Waals surface area contributed by atoms with Crippen molar-refractivity contribution in [3.63, 3.8) is 0 Å². The summed E-state index contributed by atoms with van der Waals surface area (Å²) < 4.78 is 40.5. The third kappa shape index (κ3) is 3.47. The lowest BCUT2D eigenvalue weighted by molar-refractivity contribution is -0.137. The van der Waals surface area contributed by atoms with Crippen molar-refractivity contribution in [1.82, 2.24) is 14.9 Å². The van der Waals surface area contributed by atoms with Gasteiger partial charge in [-0.15, -0.1) is 0 Å². The number of aromatic nitrogens is 2. The lowest BCUT2D eigenvalue weighted by atomic mass is 10.1. The van der Waals surface area contributed by atoms with Crippen LogP contribution < -0.4 is 10.6 Å². The number of carbonyl (C=O) groups excluding carboxylic acids is 1. The molecule has 0 aliphatic heterocycles. The first-order valence-corrected chi connectivity index (χ1v) is 9.00. The number of benzene rings is 2. The molecule has 5 nitrogen and oxygen atoms in total. The first-order chi connectivity index (χ1) is 13.8. The average molecular weight is 400 g/mol. The fourth-order valence-electron chi connectivity index (χ4n) is 3.52. The zero-order chi connectivity index (χ0) is 20.8. The molecule has 0 saturated carbocycles. The van der Waals surface area contributed by atoms with Gasteiger partial charge in [-0.25, -0.2) is 0 Å². The minimum absolute atomic E-state index is 0.317. The maximum atomic E-state index is 13.0. The summed E-state index contributed by atoms with van der Waals surface area (Å²) in [6, 6.07) is 9.30. The summed E-state index contributed by atoms with van der Waals surface area (Å²) in [6.45, 7) is 0.694. The second-order valence-corrected chi connectivity index (χ2v) is 6.95. The van der Waals surface area contributed by atoms with Gasteiger partial charge in [-0.05, 0) is 36.9 Å². The minimum atomic E-state index is -4.43. The Morgan fingerprint density at radius 2 is 1.93 bits per heavy atom. The molecule has 0 aliphatic rings. The van der Waals surface area contributed by atoms with Gasteiger partial charge in [0.15, 0.2) is 0 Å². The highest BCUT2D eigenvalue weighted by Gasteiger charge is 2.31. The molecule has 0 radical (unpaired) electrons. The lowest BCUT2D eigenvalue weighted by Crippen LogP contribution is -2.11. The fourth-order valence-corrected chi connectivity index (χ4v) is 3.52. The molecule has 3 N–H and O–H groups in total. The number of anilines is 1. The van der Waals surface area contributed by atoms with Crippen LogP contribution in [0.3, 0.4) is 0 Å². The van der Waals surface area contributed by atoms with Gasteiger partial charge in [-0.3, -0.25) is 4.79 Å². The highest BCUT2D eigenvalue weighted by atomic mass is 19.4. The van der Waals surface area contributed by atoms with Gasteiger partial charge in [0.2, 0.25) is 0 Å². The average Bonchev–Trinajstić information content (AvgIpc) is 3.22. The van der Waals surface area contributed by atoms with Crippen LogP contribution in [-0.4, -0.2) is 22.5 Å². The van der Waals surface area contributed by atoms with Crippen LogP contribution in [0.5, 0.6) is 0 Å². The van der Waals surface area contributed by atoms with Gasteiger partial charge >= 0.3 is 6.18 Å². The number of rotatable bonds is 4. The molecule has 0 aliphatic carbocycles. The number of nitrogens with zero attached hydrogens (tertiary/aromatic N) is 1. The monoisotopic (exact) mass is 400 g/mol. The van der Waals surface area contributed by atoms with E-state index in [9.17, 15) is 18.0 Å². The Morgan fingerprint density at radius 3 is 2.66 bits per heavy atom. The molecular weight excluding hydrogens is 381 g/mol. The molecular formula is C21H19F3N4O. The number of fused-ring (bicyclic) bond motifs is 2. The van der Waals surface area contributed by atoms with E-state index in [0.29, 0.717) is 28.7 Å². The number of alkyl halides is 3. The summed E-state index contributed by atoms with van der Waals surface area (Å²) in [4.78, 5) is 16.0. The predicted octanol–water partition coefficient (Wildman–Crippen LogP) is 4.65. The molecule has 0 bridgehead atoms. The van der Waals surface area contributed by atoms with Crippen LogP contribution in [0.1, 0.15) is 21.5 Å². The van der Waals surface area contributed by atoms with E-state index in [4.69, 9.17) is 0 Å². The molecule has 150 valence electrons. The Labute approximate surface area is 164 Å². The number of hydrogen-bond donors (Lipinski definition) is 3. The molecule has 4 rings (SSSR count). The quantitative estimate of drug-likeness (QED) is 0.467. The predicted molar refractivity (Wildman–Crippen MR) is 107 cm³/mol. The van der Waals surface area contributed by atoms with E-state index in [0.717, 1.165) is 28.6 Å². The van der Waals surface area contributed by atoms with E-state index in [-0.39, 0.29) is 5.91 Å². The number of H-pyrrole nitrogens is 1. The van der Waals surface area contributed by atoms with Crippen molar-refractivity contribution < 1.29 is 18.0 Å². The summed E-state index contributed by atoms with van der Waals surface area (Å²) in [5, 5.41) is 7.29. The maximum Gasteiger partial charge on any atom is 0.416 e. The van der Waals surface area contributed by atoms with E-state index in [1.807, 2.05) is 25.2 Å². The number of aromatic amines is 1. The van der Waals surface area contributed by atoms with Crippen LogP contribution in [0.2, 0.25) is 0 Å².